The highest BCUT2D eigenvalue weighted by atomic mass is 79.9. The minimum absolute atomic E-state index is 0.124. The molecule has 1 fully saturated rings. The van der Waals surface area contributed by atoms with Gasteiger partial charge in [-0.3, -0.25) is 19.5 Å². The Morgan fingerprint density at radius 2 is 2.13 bits per heavy atom. The normalized spacial score (nSPS) is 20.3. The first-order valence-corrected chi connectivity index (χ1v) is 11.3. The number of fused-ring (bicyclic) bond motifs is 1. The molecule has 1 amide bonds. The molecule has 5 rings (SSSR count). The summed E-state index contributed by atoms with van der Waals surface area (Å²) < 4.78 is 3.10. The number of carbonyl (C=O) groups is 1. The number of amides is 1. The number of quaternary nitrogens is 1. The first kappa shape index (κ1) is 19.4. The van der Waals surface area contributed by atoms with Crippen molar-refractivity contribution in [2.75, 3.05) is 17.2 Å². The van der Waals surface area contributed by atoms with E-state index in [-0.39, 0.29) is 11.8 Å². The molecule has 1 unspecified atom stereocenters. The van der Waals surface area contributed by atoms with Gasteiger partial charge in [-0.15, -0.1) is 0 Å². The molecule has 30 heavy (non-hydrogen) atoms. The van der Waals surface area contributed by atoms with Crippen LogP contribution in [0.5, 0.6) is 0 Å². The van der Waals surface area contributed by atoms with Gasteiger partial charge in [0.25, 0.3) is 0 Å². The highest BCUT2D eigenvalue weighted by molar-refractivity contribution is 9.11. The number of aromatic amines is 1. The second-order valence-corrected chi connectivity index (χ2v) is 9.46. The molecule has 0 saturated heterocycles. The summed E-state index contributed by atoms with van der Waals surface area (Å²) in [5.74, 6) is 3.03. The summed E-state index contributed by atoms with van der Waals surface area (Å²) in [6.07, 6.45) is 5.92. The van der Waals surface area contributed by atoms with Gasteiger partial charge in [0.05, 0.1) is 6.20 Å². The maximum Gasteiger partial charge on any atom is 0.234 e. The van der Waals surface area contributed by atoms with Gasteiger partial charge in [0.1, 0.15) is 12.7 Å². The van der Waals surface area contributed by atoms with E-state index in [0.29, 0.717) is 6.54 Å². The third kappa shape index (κ3) is 4.16. The first-order chi connectivity index (χ1) is 14.5. The number of aryl methyl sites for hydroxylation is 1. The number of halogens is 1. The fourth-order valence-electron chi connectivity index (χ4n) is 3.31. The van der Waals surface area contributed by atoms with Crippen LogP contribution < -0.4 is 15.5 Å². The summed E-state index contributed by atoms with van der Waals surface area (Å²) in [6.45, 7) is 2.66. The largest absolute Gasteiger partial charge is 0.326 e. The zero-order valence-electron chi connectivity index (χ0n) is 16.3. The molecule has 154 valence electrons. The van der Waals surface area contributed by atoms with E-state index in [9.17, 15) is 4.79 Å². The molecule has 2 aliphatic heterocycles. The fraction of sp³-hybridized carbons (Fsp3) is 0.250. The zero-order chi connectivity index (χ0) is 20.7. The maximum absolute atomic E-state index is 11.9. The van der Waals surface area contributed by atoms with Gasteiger partial charge < -0.3 is 5.32 Å². The number of aromatic nitrogens is 2. The SMILES string of the molecule is Cc1cc(NC2=CN(Sc3ccc(NC(=O)C4CC4)cc3)CC3=NC=C(Br)[NH+]23)n[nH]1. The van der Waals surface area contributed by atoms with Crippen LogP contribution in [0.25, 0.3) is 0 Å². The van der Waals surface area contributed by atoms with Crippen molar-refractivity contribution in [3.63, 3.8) is 0 Å². The smallest absolute Gasteiger partial charge is 0.234 e. The van der Waals surface area contributed by atoms with Gasteiger partial charge in [0.2, 0.25) is 22.2 Å². The molecule has 0 bridgehead atoms. The molecule has 0 spiro atoms. The monoisotopic (exact) mass is 486 g/mol. The van der Waals surface area contributed by atoms with Gasteiger partial charge in [0, 0.05) is 44.2 Å². The Hall–Kier alpha value is -2.56. The van der Waals surface area contributed by atoms with Gasteiger partial charge in [-0.1, -0.05) is 0 Å². The Bertz CT molecular complexity index is 1070. The molecular weight excluding hydrogens is 466 g/mol. The number of carbonyl (C=O) groups excluding carboxylic acids is 1. The van der Waals surface area contributed by atoms with Crippen molar-refractivity contribution >= 4 is 51.1 Å². The van der Waals surface area contributed by atoms with E-state index < -0.39 is 0 Å². The Balaban J connectivity index is 1.31. The highest BCUT2D eigenvalue weighted by Gasteiger charge is 2.36. The lowest BCUT2D eigenvalue weighted by Gasteiger charge is -2.28. The predicted octanol–water partition coefficient (Wildman–Crippen LogP) is 2.79. The van der Waals surface area contributed by atoms with Crippen LogP contribution in [0.3, 0.4) is 0 Å². The number of rotatable bonds is 6. The standard InChI is InChI=1S/C20H20BrN7OS/c1-12-8-17(26-25-12)24-19-11-27(10-18-22-9-16(21)28(18)19)30-15-6-4-14(5-7-15)23-20(29)13-2-3-13/h4-9,11,13H,2-3,10H2,1H3,(H,23,29)(H2,24,25,26)/p+1. The van der Waals surface area contributed by atoms with Crippen LogP contribution in [0.4, 0.5) is 11.5 Å². The van der Waals surface area contributed by atoms with Crippen LogP contribution in [-0.4, -0.2) is 32.8 Å². The molecule has 3 aliphatic rings. The summed E-state index contributed by atoms with van der Waals surface area (Å²) in [6, 6.07) is 9.91. The van der Waals surface area contributed by atoms with E-state index in [2.05, 4.69) is 52.3 Å². The third-order valence-corrected chi connectivity index (χ3v) is 6.52. The predicted molar refractivity (Wildman–Crippen MR) is 121 cm³/mol. The molecule has 10 heteroatoms. The van der Waals surface area contributed by atoms with Gasteiger partial charge >= 0.3 is 0 Å². The molecule has 1 aliphatic carbocycles. The van der Waals surface area contributed by atoms with Crippen molar-refractivity contribution in [3.05, 3.63) is 58.9 Å². The average Bonchev–Trinajstić information content (AvgIpc) is 3.41. The highest BCUT2D eigenvalue weighted by Crippen LogP contribution is 2.31. The summed E-state index contributed by atoms with van der Waals surface area (Å²) in [5.41, 5.74) is 1.83. The van der Waals surface area contributed by atoms with Crippen molar-refractivity contribution < 1.29 is 9.69 Å². The average molecular weight is 487 g/mol. The lowest BCUT2D eigenvalue weighted by Crippen LogP contribution is -3.12. The van der Waals surface area contributed by atoms with Crippen molar-refractivity contribution in [1.29, 1.82) is 0 Å². The zero-order valence-corrected chi connectivity index (χ0v) is 18.7. The Morgan fingerprint density at radius 3 is 2.83 bits per heavy atom. The van der Waals surface area contributed by atoms with E-state index in [1.54, 1.807) is 11.9 Å². The van der Waals surface area contributed by atoms with Crippen LogP contribution >= 0.6 is 27.9 Å². The van der Waals surface area contributed by atoms with Crippen molar-refractivity contribution in [2.24, 2.45) is 10.9 Å². The maximum atomic E-state index is 11.9. The Labute approximate surface area is 186 Å². The lowest BCUT2D eigenvalue weighted by atomic mass is 10.3. The minimum atomic E-state index is 0.124. The van der Waals surface area contributed by atoms with Crippen LogP contribution in [0, 0.1) is 12.8 Å². The minimum Gasteiger partial charge on any atom is -0.326 e. The van der Waals surface area contributed by atoms with E-state index in [0.717, 1.165) is 56.1 Å². The summed E-state index contributed by atoms with van der Waals surface area (Å²) in [5, 5.41) is 13.6. The molecule has 1 aromatic heterocycles. The van der Waals surface area contributed by atoms with E-state index in [1.165, 1.54) is 0 Å². The number of nitrogens with zero attached hydrogens (tertiary/aromatic N) is 3. The van der Waals surface area contributed by atoms with Gasteiger partial charge in [-0.25, -0.2) is 4.90 Å². The van der Waals surface area contributed by atoms with E-state index in [4.69, 9.17) is 0 Å². The molecule has 8 nitrogen and oxygen atoms in total. The van der Waals surface area contributed by atoms with Gasteiger partial charge in [-0.2, -0.15) is 10.1 Å². The molecule has 1 atom stereocenters. The topological polar surface area (TPSA) is 89.8 Å². The van der Waals surface area contributed by atoms with Crippen molar-refractivity contribution in [1.82, 2.24) is 14.5 Å². The van der Waals surface area contributed by atoms with Crippen LogP contribution in [0.1, 0.15) is 18.5 Å². The molecule has 3 heterocycles. The molecular formula is C20H21BrN7OS+. The summed E-state index contributed by atoms with van der Waals surface area (Å²) >= 11 is 5.23. The Morgan fingerprint density at radius 1 is 1.33 bits per heavy atom. The lowest BCUT2D eigenvalue weighted by molar-refractivity contribution is -0.704. The third-order valence-electron chi connectivity index (χ3n) is 4.97. The Kier molecular flexibility index (Phi) is 5.13. The number of anilines is 2. The molecule has 4 N–H and O–H groups in total. The number of amidine groups is 1. The fourth-order valence-corrected chi connectivity index (χ4v) is 4.72. The van der Waals surface area contributed by atoms with Gasteiger partial charge in [-0.05, 0) is 56.0 Å². The number of hydrogen-bond acceptors (Lipinski definition) is 6. The molecule has 0 radical (unpaired) electrons. The van der Waals surface area contributed by atoms with Gasteiger partial charge in [0.15, 0.2) is 5.82 Å². The van der Waals surface area contributed by atoms with E-state index in [1.807, 2.05) is 43.5 Å². The van der Waals surface area contributed by atoms with Crippen molar-refractivity contribution in [2.45, 2.75) is 24.7 Å². The van der Waals surface area contributed by atoms with E-state index >= 15 is 0 Å². The van der Waals surface area contributed by atoms with Crippen LogP contribution in [0.15, 0.2) is 63.0 Å². The number of aliphatic imine (C=N–C) groups is 1. The molecule has 1 aromatic carbocycles. The summed E-state index contributed by atoms with van der Waals surface area (Å²) in [4.78, 5) is 18.6. The number of hydrogen-bond donors (Lipinski definition) is 4. The first-order valence-electron chi connectivity index (χ1n) is 9.72. The quantitative estimate of drug-likeness (QED) is 0.372. The van der Waals surface area contributed by atoms with Crippen LogP contribution in [-0.2, 0) is 4.79 Å². The van der Waals surface area contributed by atoms with Crippen LogP contribution in [0.2, 0.25) is 0 Å². The molecule has 1 saturated carbocycles. The summed E-state index contributed by atoms with van der Waals surface area (Å²) in [7, 11) is 0. The number of nitrogens with one attached hydrogen (secondary N) is 4. The second-order valence-electron chi connectivity index (χ2n) is 7.49. The second kappa shape index (κ2) is 7.93. The molecule has 2 aromatic rings. The van der Waals surface area contributed by atoms with Crippen molar-refractivity contribution in [3.8, 4) is 0 Å². The number of benzene rings is 1. The number of H-pyrrole nitrogens is 1.